The molecule has 2 heterocycles. The molecule has 0 radical (unpaired) electrons. The van der Waals surface area contributed by atoms with Crippen molar-refractivity contribution >= 4 is 28.8 Å². The van der Waals surface area contributed by atoms with Crippen LogP contribution in [-0.4, -0.2) is 38.8 Å². The maximum atomic E-state index is 12.8. The van der Waals surface area contributed by atoms with Gasteiger partial charge in [-0.25, -0.2) is 4.90 Å². The van der Waals surface area contributed by atoms with Gasteiger partial charge in [-0.05, 0) is 48.6 Å². The predicted octanol–water partition coefficient (Wildman–Crippen LogP) is 7.32. The third-order valence-corrected chi connectivity index (χ3v) is 7.97. The van der Waals surface area contributed by atoms with Crippen molar-refractivity contribution in [3.8, 4) is 5.75 Å². The zero-order chi connectivity index (χ0) is 27.2. The molecule has 6 nitrogen and oxygen atoms in total. The molecule has 0 bridgehead atoms. The summed E-state index contributed by atoms with van der Waals surface area (Å²) in [6.45, 7) is 4.85. The lowest BCUT2D eigenvalue weighted by atomic mass is 10.1. The molecule has 1 aromatic carbocycles. The molecule has 0 saturated carbocycles. The van der Waals surface area contributed by atoms with E-state index in [0.717, 1.165) is 65.8 Å². The van der Waals surface area contributed by atoms with Gasteiger partial charge in [0.15, 0.2) is 0 Å². The molecule has 0 spiro atoms. The second-order valence-electron chi connectivity index (χ2n) is 9.98. The molecule has 38 heavy (non-hydrogen) atoms. The fourth-order valence-corrected chi connectivity index (χ4v) is 5.56. The van der Waals surface area contributed by atoms with Gasteiger partial charge in [0.05, 0.1) is 11.9 Å². The van der Waals surface area contributed by atoms with E-state index in [1.807, 2.05) is 36.5 Å². The third-order valence-electron chi connectivity index (χ3n) is 6.93. The Bertz CT molecular complexity index is 1020. The van der Waals surface area contributed by atoms with Crippen LogP contribution in [-0.2, 0) is 28.9 Å². The van der Waals surface area contributed by atoms with E-state index in [2.05, 4.69) is 24.9 Å². The number of carbonyl (C=O) groups excluding carboxylic acids is 3. The number of pyridine rings is 1. The van der Waals surface area contributed by atoms with Crippen molar-refractivity contribution in [2.75, 3.05) is 6.61 Å². The van der Waals surface area contributed by atoms with Gasteiger partial charge in [-0.1, -0.05) is 95.2 Å². The minimum Gasteiger partial charge on any atom is -0.493 e. The number of rotatable bonds is 17. The number of imide groups is 3. The van der Waals surface area contributed by atoms with Crippen molar-refractivity contribution in [3.05, 3.63) is 59.4 Å². The van der Waals surface area contributed by atoms with E-state index in [1.165, 1.54) is 44.1 Å². The molecule has 3 rings (SSSR count). The van der Waals surface area contributed by atoms with Crippen molar-refractivity contribution in [1.29, 1.82) is 0 Å². The monoisotopic (exact) mass is 538 g/mol. The van der Waals surface area contributed by atoms with E-state index in [1.54, 1.807) is 0 Å². The highest BCUT2D eigenvalue weighted by Crippen LogP contribution is 2.31. The molecule has 1 aliphatic heterocycles. The maximum Gasteiger partial charge on any atom is 0.295 e. The van der Waals surface area contributed by atoms with Gasteiger partial charge in [0, 0.05) is 24.7 Å². The van der Waals surface area contributed by atoms with Crippen LogP contribution in [0.15, 0.2) is 42.6 Å². The molecule has 1 atom stereocenters. The summed E-state index contributed by atoms with van der Waals surface area (Å²) >= 11 is 0.958. The molecule has 0 aliphatic carbocycles. The van der Waals surface area contributed by atoms with Gasteiger partial charge in [-0.15, -0.1) is 0 Å². The number of ether oxygens (including phenoxy) is 1. The zero-order valence-corrected chi connectivity index (χ0v) is 23.8. The number of amides is 3. The van der Waals surface area contributed by atoms with Gasteiger partial charge < -0.3 is 4.74 Å². The number of aromatic nitrogens is 1. The number of hydrogen-bond acceptors (Lipinski definition) is 6. The van der Waals surface area contributed by atoms with Crippen LogP contribution < -0.4 is 4.74 Å². The SMILES string of the molecule is CCCCCCCCCCCC(=O)N1C(=O)SC(Cc2ccc(OCCc3ccc(CC)cn3)cc2)C1=O. The maximum absolute atomic E-state index is 12.8. The van der Waals surface area contributed by atoms with Crippen molar-refractivity contribution in [2.24, 2.45) is 0 Å². The molecule has 3 amide bonds. The quantitative estimate of drug-likeness (QED) is 0.196. The van der Waals surface area contributed by atoms with Crippen LogP contribution in [0, 0.1) is 0 Å². The van der Waals surface area contributed by atoms with Crippen LogP contribution in [0.4, 0.5) is 4.79 Å². The highest BCUT2D eigenvalue weighted by molar-refractivity contribution is 8.15. The Balaban J connectivity index is 1.36. The molecular formula is C31H42N2O4S. The number of aryl methyl sites for hydroxylation is 1. The second-order valence-corrected chi connectivity index (χ2v) is 11.1. The van der Waals surface area contributed by atoms with E-state index in [-0.39, 0.29) is 18.2 Å². The van der Waals surface area contributed by atoms with Crippen LogP contribution in [0.5, 0.6) is 5.75 Å². The lowest BCUT2D eigenvalue weighted by molar-refractivity contribution is -0.139. The number of carbonyl (C=O) groups is 3. The summed E-state index contributed by atoms with van der Waals surface area (Å²) in [5, 5.41) is -1.00. The normalized spacial score (nSPS) is 15.3. The number of unbranched alkanes of at least 4 members (excludes halogenated alkanes) is 8. The van der Waals surface area contributed by atoms with Crippen LogP contribution in [0.25, 0.3) is 0 Å². The van der Waals surface area contributed by atoms with Crippen molar-refractivity contribution in [3.63, 3.8) is 0 Å². The molecule has 1 fully saturated rings. The summed E-state index contributed by atoms with van der Waals surface area (Å²) in [4.78, 5) is 43.2. The average molecular weight is 539 g/mol. The van der Waals surface area contributed by atoms with Crippen molar-refractivity contribution in [1.82, 2.24) is 9.88 Å². The first-order valence-corrected chi connectivity index (χ1v) is 15.1. The van der Waals surface area contributed by atoms with Gasteiger partial charge in [0.25, 0.3) is 11.1 Å². The zero-order valence-electron chi connectivity index (χ0n) is 23.0. The number of thioether (sulfide) groups is 1. The van der Waals surface area contributed by atoms with Crippen LogP contribution in [0.1, 0.15) is 94.9 Å². The summed E-state index contributed by atoms with van der Waals surface area (Å²) in [6.07, 6.45) is 14.6. The molecule has 0 N–H and O–H groups in total. The molecule has 206 valence electrons. The molecule has 2 aromatic rings. The molecule has 7 heteroatoms. The minimum absolute atomic E-state index is 0.255. The van der Waals surface area contributed by atoms with E-state index in [9.17, 15) is 14.4 Å². The van der Waals surface area contributed by atoms with Crippen LogP contribution in [0.2, 0.25) is 0 Å². The van der Waals surface area contributed by atoms with Gasteiger partial charge in [0.1, 0.15) is 5.75 Å². The van der Waals surface area contributed by atoms with Crippen molar-refractivity contribution < 1.29 is 19.1 Å². The Kier molecular flexibility index (Phi) is 12.8. The second kappa shape index (κ2) is 16.3. The molecule has 1 aliphatic rings. The first-order valence-electron chi connectivity index (χ1n) is 14.2. The lowest BCUT2D eigenvalue weighted by Crippen LogP contribution is -2.37. The number of benzene rings is 1. The average Bonchev–Trinajstić information content (AvgIpc) is 3.21. The van der Waals surface area contributed by atoms with Gasteiger partial charge in [-0.3, -0.25) is 19.4 Å². The Morgan fingerprint density at radius 1 is 0.895 bits per heavy atom. The highest BCUT2D eigenvalue weighted by atomic mass is 32.2. The number of nitrogens with zero attached hydrogens (tertiary/aromatic N) is 2. The van der Waals surface area contributed by atoms with Crippen LogP contribution in [0.3, 0.4) is 0 Å². The highest BCUT2D eigenvalue weighted by Gasteiger charge is 2.42. The summed E-state index contributed by atoms with van der Waals surface area (Å²) < 4.78 is 5.84. The molecule has 1 aromatic heterocycles. The van der Waals surface area contributed by atoms with E-state index in [0.29, 0.717) is 13.0 Å². The van der Waals surface area contributed by atoms with Gasteiger partial charge in [0.2, 0.25) is 5.91 Å². The molecule has 1 saturated heterocycles. The smallest absolute Gasteiger partial charge is 0.295 e. The van der Waals surface area contributed by atoms with Gasteiger partial charge in [-0.2, -0.15) is 0 Å². The Morgan fingerprint density at radius 3 is 2.18 bits per heavy atom. The van der Waals surface area contributed by atoms with Crippen molar-refractivity contribution in [2.45, 2.75) is 103 Å². The van der Waals surface area contributed by atoms with Crippen LogP contribution >= 0.6 is 11.8 Å². The topological polar surface area (TPSA) is 76.6 Å². The Labute approximate surface area is 231 Å². The van der Waals surface area contributed by atoms with E-state index < -0.39 is 10.5 Å². The third kappa shape index (κ3) is 9.57. The molecule has 1 unspecified atom stereocenters. The minimum atomic E-state index is -0.557. The van der Waals surface area contributed by atoms with E-state index in [4.69, 9.17) is 4.74 Å². The van der Waals surface area contributed by atoms with E-state index >= 15 is 0 Å². The summed E-state index contributed by atoms with van der Waals surface area (Å²) in [7, 11) is 0. The summed E-state index contributed by atoms with van der Waals surface area (Å²) in [6, 6.07) is 11.7. The first kappa shape index (κ1) is 29.9. The Morgan fingerprint density at radius 2 is 1.55 bits per heavy atom. The lowest BCUT2D eigenvalue weighted by Gasteiger charge is -2.12. The van der Waals surface area contributed by atoms with Gasteiger partial charge >= 0.3 is 0 Å². The summed E-state index contributed by atoms with van der Waals surface area (Å²) in [5.41, 5.74) is 3.15. The fourth-order valence-electron chi connectivity index (χ4n) is 4.53. The first-order chi connectivity index (χ1) is 18.5. The summed E-state index contributed by atoms with van der Waals surface area (Å²) in [5.74, 6) is 0.00142. The Hall–Kier alpha value is -2.67. The standard InChI is InChI=1S/C31H42N2O4S/c1-3-5-6-7-8-9-10-11-12-13-29(34)33-30(35)28(38-31(33)36)22-25-15-18-27(19-16-25)37-21-20-26-17-14-24(4-2)23-32-26/h14-19,23,28H,3-13,20-22H2,1-2H3. The fraction of sp³-hybridized carbons (Fsp3) is 0.548. The predicted molar refractivity (Wildman–Crippen MR) is 153 cm³/mol. The number of hydrogen-bond donors (Lipinski definition) is 0. The molecular weight excluding hydrogens is 496 g/mol. The largest absolute Gasteiger partial charge is 0.493 e.